The van der Waals surface area contributed by atoms with Crippen molar-refractivity contribution in [3.63, 3.8) is 0 Å². The first-order valence-corrected chi connectivity index (χ1v) is 12.6. The number of aryl methyl sites for hydroxylation is 1. The van der Waals surface area contributed by atoms with E-state index in [-0.39, 0.29) is 5.75 Å². The molecule has 0 fully saturated rings. The van der Waals surface area contributed by atoms with Crippen molar-refractivity contribution in [2.75, 3.05) is 10.2 Å². The van der Waals surface area contributed by atoms with Crippen LogP contribution in [0.1, 0.15) is 11.1 Å². The second-order valence-corrected chi connectivity index (χ2v) is 9.68. The Morgan fingerprint density at radius 1 is 0.974 bits per heavy atom. The van der Waals surface area contributed by atoms with E-state index in [0.29, 0.717) is 58.1 Å². The summed E-state index contributed by atoms with van der Waals surface area (Å²) in [4.78, 5) is 24.4. The van der Waals surface area contributed by atoms with E-state index in [1.54, 1.807) is 30.7 Å². The summed E-state index contributed by atoms with van der Waals surface area (Å²) in [5, 5.41) is 14.0. The lowest BCUT2D eigenvalue weighted by molar-refractivity contribution is 0.469. The van der Waals surface area contributed by atoms with Crippen LogP contribution < -0.4 is 15.0 Å². The Balaban J connectivity index is 1.14. The zero-order valence-corrected chi connectivity index (χ0v) is 21.5. The molecule has 0 saturated carbocycles. The predicted octanol–water partition coefficient (Wildman–Crippen LogP) is 5.72. The molecule has 7 rings (SSSR count). The van der Waals surface area contributed by atoms with Crippen LogP contribution in [0.3, 0.4) is 0 Å². The average Bonchev–Trinajstić information content (AvgIpc) is 3.55. The first-order valence-electron chi connectivity index (χ1n) is 12.2. The number of phenols is 1. The number of rotatable bonds is 5. The Kier molecular flexibility index (Phi) is 5.41. The highest BCUT2D eigenvalue weighted by Gasteiger charge is 2.24. The van der Waals surface area contributed by atoms with Crippen molar-refractivity contribution in [3.05, 3.63) is 89.6 Å². The fourth-order valence-corrected chi connectivity index (χ4v) is 4.96. The molecule has 0 radical (unpaired) electrons. The number of aromatic hydroxyl groups is 1. The van der Waals surface area contributed by atoms with Crippen LogP contribution in [0.15, 0.2) is 73.4 Å². The molecule has 0 spiro atoms. The number of fused-ring (bicyclic) bond motifs is 3. The Bertz CT molecular complexity index is 1890. The lowest BCUT2D eigenvalue weighted by Gasteiger charge is -2.16. The standard InChI is InChI=1S/C28H21ClN8O2/c1-36-15-33-21-10-18(6-7-23(21)36)39-25-8-5-17(9-20(25)29)34-27-26-22(31-14-32-27)11-30-28(35-26)37-12-16-3-2-4-24(38)19(16)13-37/h2-11,14-15,38H,12-13H2,1H3,(H,31,32,34). The van der Waals surface area contributed by atoms with Gasteiger partial charge in [0.05, 0.1) is 35.1 Å². The molecule has 0 bridgehead atoms. The van der Waals surface area contributed by atoms with E-state index in [1.165, 1.54) is 6.33 Å². The van der Waals surface area contributed by atoms with Crippen molar-refractivity contribution in [1.29, 1.82) is 0 Å². The molecule has 11 heteroatoms. The highest BCUT2D eigenvalue weighted by atomic mass is 35.5. The number of benzene rings is 3. The van der Waals surface area contributed by atoms with E-state index in [9.17, 15) is 5.11 Å². The molecule has 3 aromatic carbocycles. The Hall–Kier alpha value is -4.96. The van der Waals surface area contributed by atoms with Crippen LogP contribution in [0.4, 0.5) is 17.5 Å². The maximum Gasteiger partial charge on any atom is 0.226 e. The largest absolute Gasteiger partial charge is 0.508 e. The Morgan fingerprint density at radius 2 is 1.90 bits per heavy atom. The molecule has 192 valence electrons. The van der Waals surface area contributed by atoms with E-state index in [1.807, 2.05) is 52.9 Å². The molecule has 3 aromatic heterocycles. The van der Waals surface area contributed by atoms with Crippen molar-refractivity contribution in [1.82, 2.24) is 29.5 Å². The monoisotopic (exact) mass is 536 g/mol. The fourth-order valence-electron chi connectivity index (χ4n) is 4.74. The molecule has 1 aliphatic rings. The molecule has 4 heterocycles. The molecule has 0 unspecified atom stereocenters. The summed E-state index contributed by atoms with van der Waals surface area (Å²) >= 11 is 6.58. The number of nitrogens with zero attached hydrogens (tertiary/aromatic N) is 7. The van der Waals surface area contributed by atoms with Gasteiger partial charge >= 0.3 is 0 Å². The summed E-state index contributed by atoms with van der Waals surface area (Å²) in [6.45, 7) is 1.13. The van der Waals surface area contributed by atoms with Gasteiger partial charge in [-0.1, -0.05) is 23.7 Å². The number of nitrogens with one attached hydrogen (secondary N) is 1. The minimum atomic E-state index is 0.281. The van der Waals surface area contributed by atoms with E-state index in [4.69, 9.17) is 21.3 Å². The molecule has 0 aliphatic carbocycles. The minimum Gasteiger partial charge on any atom is -0.508 e. The van der Waals surface area contributed by atoms with E-state index in [0.717, 1.165) is 22.2 Å². The number of imidazole rings is 1. The number of hydrogen-bond donors (Lipinski definition) is 2. The number of ether oxygens (including phenoxy) is 1. The lowest BCUT2D eigenvalue weighted by Crippen LogP contribution is -2.17. The van der Waals surface area contributed by atoms with Crippen LogP contribution >= 0.6 is 11.6 Å². The normalized spacial score (nSPS) is 12.7. The van der Waals surface area contributed by atoms with Gasteiger partial charge in [0.15, 0.2) is 5.82 Å². The number of halogens is 1. The Morgan fingerprint density at radius 3 is 2.77 bits per heavy atom. The molecule has 10 nitrogen and oxygen atoms in total. The molecular formula is C28H21ClN8O2. The van der Waals surface area contributed by atoms with E-state index in [2.05, 4.69) is 25.3 Å². The maximum absolute atomic E-state index is 10.2. The third kappa shape index (κ3) is 4.20. The molecular weight excluding hydrogens is 516 g/mol. The van der Waals surface area contributed by atoms with Crippen molar-refractivity contribution in [2.24, 2.45) is 7.05 Å². The fraction of sp³-hybridized carbons (Fsp3) is 0.107. The van der Waals surface area contributed by atoms with Crippen molar-refractivity contribution in [2.45, 2.75) is 13.1 Å². The van der Waals surface area contributed by atoms with E-state index < -0.39 is 0 Å². The van der Waals surface area contributed by atoms with Gasteiger partial charge in [0.2, 0.25) is 5.95 Å². The Labute approximate surface area is 227 Å². The van der Waals surface area contributed by atoms with Crippen LogP contribution in [0.25, 0.3) is 22.1 Å². The van der Waals surface area contributed by atoms with Crippen LogP contribution in [-0.2, 0) is 20.1 Å². The SMILES string of the molecule is Cn1cnc2cc(Oc3ccc(Nc4ncnc5cnc(N6Cc7cccc(O)c7C6)nc45)cc3Cl)ccc21. The van der Waals surface area contributed by atoms with Crippen LogP contribution in [0, 0.1) is 0 Å². The van der Waals surface area contributed by atoms with Gasteiger partial charge in [0.1, 0.15) is 34.6 Å². The topological polar surface area (TPSA) is 114 Å². The number of anilines is 3. The summed E-state index contributed by atoms with van der Waals surface area (Å²) in [7, 11) is 1.95. The molecule has 0 saturated heterocycles. The summed E-state index contributed by atoms with van der Waals surface area (Å²) in [6.07, 6.45) is 4.90. The average molecular weight is 537 g/mol. The summed E-state index contributed by atoms with van der Waals surface area (Å²) in [6, 6.07) is 16.7. The smallest absolute Gasteiger partial charge is 0.226 e. The van der Waals surface area contributed by atoms with Gasteiger partial charge in [0.25, 0.3) is 0 Å². The van der Waals surface area contributed by atoms with Crippen molar-refractivity contribution < 1.29 is 9.84 Å². The van der Waals surface area contributed by atoms with Gasteiger partial charge in [-0.15, -0.1) is 0 Å². The molecule has 0 amide bonds. The summed E-state index contributed by atoms with van der Waals surface area (Å²) in [5.74, 6) is 2.50. The lowest BCUT2D eigenvalue weighted by atomic mass is 10.1. The molecule has 0 atom stereocenters. The van der Waals surface area contributed by atoms with Crippen LogP contribution in [0.5, 0.6) is 17.2 Å². The van der Waals surface area contributed by atoms with Crippen molar-refractivity contribution in [3.8, 4) is 17.2 Å². The summed E-state index contributed by atoms with van der Waals surface area (Å²) < 4.78 is 7.98. The third-order valence-corrected chi connectivity index (χ3v) is 7.02. The van der Waals surface area contributed by atoms with Gasteiger partial charge in [-0.05, 0) is 42.0 Å². The zero-order valence-electron chi connectivity index (χ0n) is 20.7. The predicted molar refractivity (Wildman–Crippen MR) is 149 cm³/mol. The zero-order chi connectivity index (χ0) is 26.5. The van der Waals surface area contributed by atoms with Crippen LogP contribution in [0.2, 0.25) is 5.02 Å². The van der Waals surface area contributed by atoms with Gasteiger partial charge < -0.3 is 24.6 Å². The van der Waals surface area contributed by atoms with Gasteiger partial charge in [-0.2, -0.15) is 0 Å². The molecule has 39 heavy (non-hydrogen) atoms. The first-order chi connectivity index (χ1) is 19.0. The second kappa shape index (κ2) is 9.10. The minimum absolute atomic E-state index is 0.281. The number of phenolic OH excluding ortho intramolecular Hbond substituents is 1. The number of aromatic nitrogens is 6. The first kappa shape index (κ1) is 23.2. The van der Waals surface area contributed by atoms with E-state index >= 15 is 0 Å². The number of hydrogen-bond acceptors (Lipinski definition) is 9. The molecule has 1 aliphatic heterocycles. The quantitative estimate of drug-likeness (QED) is 0.285. The second-order valence-electron chi connectivity index (χ2n) is 9.28. The third-order valence-electron chi connectivity index (χ3n) is 6.73. The summed E-state index contributed by atoms with van der Waals surface area (Å²) in [5.41, 5.74) is 5.69. The highest BCUT2D eigenvalue weighted by molar-refractivity contribution is 6.32. The van der Waals surface area contributed by atoms with Gasteiger partial charge in [-0.25, -0.2) is 24.9 Å². The molecule has 2 N–H and O–H groups in total. The van der Waals surface area contributed by atoms with Gasteiger partial charge in [0, 0.05) is 30.9 Å². The van der Waals surface area contributed by atoms with Gasteiger partial charge in [-0.3, -0.25) is 0 Å². The molecule has 6 aromatic rings. The van der Waals surface area contributed by atoms with Crippen LogP contribution in [-0.4, -0.2) is 34.6 Å². The maximum atomic E-state index is 10.2. The van der Waals surface area contributed by atoms with Crippen molar-refractivity contribution >= 4 is 51.1 Å². The highest BCUT2D eigenvalue weighted by Crippen LogP contribution is 2.35.